The van der Waals surface area contributed by atoms with Gasteiger partial charge in [0, 0.05) is 12.0 Å². The molecule has 0 fully saturated rings. The summed E-state index contributed by atoms with van der Waals surface area (Å²) in [5.74, 6) is -0.320. The lowest BCUT2D eigenvalue weighted by atomic mass is 10.0. The largest absolute Gasteiger partial charge is 0.321 e. The first-order chi connectivity index (χ1) is 11.2. The number of nitrogens with zero attached hydrogens (tertiary/aromatic N) is 1. The van der Waals surface area contributed by atoms with Crippen LogP contribution < -0.4 is 5.56 Å². The van der Waals surface area contributed by atoms with Crippen molar-refractivity contribution >= 4 is 0 Å². The molecule has 0 unspecified atom stereocenters. The second-order valence-electron chi connectivity index (χ2n) is 5.19. The Hall–Kier alpha value is -3.19. The van der Waals surface area contributed by atoms with Crippen molar-refractivity contribution in [2.24, 2.45) is 0 Å². The molecule has 1 heterocycles. The molecule has 4 heteroatoms. The van der Waals surface area contributed by atoms with E-state index in [9.17, 15) is 14.4 Å². The molecule has 3 nitrogen and oxygen atoms in total. The Morgan fingerprint density at radius 2 is 1.74 bits per heavy atom. The first-order valence-corrected chi connectivity index (χ1v) is 7.13. The van der Waals surface area contributed by atoms with Crippen LogP contribution in [0.2, 0.25) is 0 Å². The molecular weight excluding hydrogens is 291 g/mol. The second kappa shape index (κ2) is 6.29. The third kappa shape index (κ3) is 3.19. The molecule has 0 amide bonds. The van der Waals surface area contributed by atoms with E-state index in [2.05, 4.69) is 11.1 Å². The average molecular weight is 304 g/mol. The Labute approximate surface area is 132 Å². The molecule has 112 valence electrons. The summed E-state index contributed by atoms with van der Waals surface area (Å²) in [4.78, 5) is 15.1. The minimum Gasteiger partial charge on any atom is -0.321 e. The van der Waals surface area contributed by atoms with Gasteiger partial charge in [-0.25, -0.2) is 4.39 Å². The Morgan fingerprint density at radius 3 is 2.39 bits per heavy atom. The number of H-pyrrole nitrogens is 1. The highest BCUT2D eigenvalue weighted by Crippen LogP contribution is 2.20. The summed E-state index contributed by atoms with van der Waals surface area (Å²) in [5, 5.41) is 9.38. The van der Waals surface area contributed by atoms with Crippen molar-refractivity contribution in [3.8, 4) is 17.3 Å². The maximum atomic E-state index is 13.0. The zero-order valence-corrected chi connectivity index (χ0v) is 12.2. The van der Waals surface area contributed by atoms with Crippen molar-refractivity contribution in [2.75, 3.05) is 0 Å². The van der Waals surface area contributed by atoms with Gasteiger partial charge in [-0.1, -0.05) is 42.5 Å². The number of rotatable bonds is 3. The van der Waals surface area contributed by atoms with Crippen LogP contribution in [0.1, 0.15) is 16.7 Å². The smallest absolute Gasteiger partial charge is 0.252 e. The van der Waals surface area contributed by atoms with E-state index < -0.39 is 0 Å². The predicted octanol–water partition coefficient (Wildman–Crippen LogP) is 3.64. The van der Waals surface area contributed by atoms with Crippen molar-refractivity contribution in [3.63, 3.8) is 0 Å². The maximum absolute atomic E-state index is 13.0. The van der Waals surface area contributed by atoms with Gasteiger partial charge in [0.15, 0.2) is 0 Å². The summed E-state index contributed by atoms with van der Waals surface area (Å²) in [6, 6.07) is 18.9. The van der Waals surface area contributed by atoms with E-state index in [0.717, 1.165) is 11.1 Å². The Morgan fingerprint density at radius 1 is 1.04 bits per heavy atom. The number of hydrogen-bond acceptors (Lipinski definition) is 2. The van der Waals surface area contributed by atoms with Gasteiger partial charge in [-0.15, -0.1) is 0 Å². The minimum atomic E-state index is -0.320. The Balaban J connectivity index is 2.02. The van der Waals surface area contributed by atoms with Gasteiger partial charge in [-0.05, 0) is 29.3 Å². The fourth-order valence-corrected chi connectivity index (χ4v) is 2.45. The van der Waals surface area contributed by atoms with E-state index in [4.69, 9.17) is 0 Å². The molecule has 0 radical (unpaired) electrons. The van der Waals surface area contributed by atoms with Crippen LogP contribution in [0.25, 0.3) is 11.3 Å². The quantitative estimate of drug-likeness (QED) is 0.803. The van der Waals surface area contributed by atoms with Crippen LogP contribution in [0.15, 0.2) is 65.5 Å². The highest BCUT2D eigenvalue weighted by atomic mass is 19.1. The fraction of sp³-hybridized carbons (Fsp3) is 0.0526. The monoisotopic (exact) mass is 304 g/mol. The van der Waals surface area contributed by atoms with E-state index in [1.807, 2.05) is 30.3 Å². The molecular formula is C19H13FN2O. The normalized spacial score (nSPS) is 10.3. The highest BCUT2D eigenvalue weighted by Gasteiger charge is 2.10. The predicted molar refractivity (Wildman–Crippen MR) is 86.4 cm³/mol. The van der Waals surface area contributed by atoms with Crippen molar-refractivity contribution < 1.29 is 4.39 Å². The number of nitriles is 1. The number of nitrogens with one attached hydrogen (secondary N) is 1. The first kappa shape index (κ1) is 14.7. The number of aromatic amines is 1. The van der Waals surface area contributed by atoms with Crippen molar-refractivity contribution in [2.45, 2.75) is 6.42 Å². The molecule has 1 aromatic heterocycles. The molecule has 0 spiro atoms. The lowest BCUT2D eigenvalue weighted by molar-refractivity contribution is 0.627. The van der Waals surface area contributed by atoms with Crippen LogP contribution in [0, 0.1) is 17.1 Å². The topological polar surface area (TPSA) is 56.6 Å². The third-order valence-corrected chi connectivity index (χ3v) is 3.61. The van der Waals surface area contributed by atoms with Gasteiger partial charge in [0.05, 0.1) is 11.3 Å². The van der Waals surface area contributed by atoms with Crippen LogP contribution >= 0.6 is 0 Å². The second-order valence-corrected chi connectivity index (χ2v) is 5.19. The number of hydrogen-bond donors (Lipinski definition) is 1. The summed E-state index contributed by atoms with van der Waals surface area (Å²) in [5.41, 5.74) is 2.76. The Bertz CT molecular complexity index is 922. The van der Waals surface area contributed by atoms with Crippen molar-refractivity contribution in [3.05, 3.63) is 93.5 Å². The van der Waals surface area contributed by atoms with Gasteiger partial charge in [0.2, 0.25) is 0 Å². The molecule has 23 heavy (non-hydrogen) atoms. The van der Waals surface area contributed by atoms with Gasteiger partial charge >= 0.3 is 0 Å². The van der Waals surface area contributed by atoms with Gasteiger partial charge in [0.25, 0.3) is 5.56 Å². The highest BCUT2D eigenvalue weighted by molar-refractivity contribution is 5.66. The molecule has 2 aromatic carbocycles. The summed E-state index contributed by atoms with van der Waals surface area (Å²) in [6.07, 6.45) is 0.347. The zero-order chi connectivity index (χ0) is 16.2. The molecule has 0 atom stereocenters. The van der Waals surface area contributed by atoms with Crippen LogP contribution in [-0.4, -0.2) is 4.98 Å². The average Bonchev–Trinajstić information content (AvgIpc) is 2.59. The van der Waals surface area contributed by atoms with Crippen LogP contribution in [0.3, 0.4) is 0 Å². The lowest BCUT2D eigenvalue weighted by Crippen LogP contribution is -2.15. The van der Waals surface area contributed by atoms with E-state index in [1.165, 1.54) is 12.1 Å². The van der Waals surface area contributed by atoms with Crippen LogP contribution in [-0.2, 0) is 6.42 Å². The molecule has 0 aliphatic heterocycles. The van der Waals surface area contributed by atoms with E-state index >= 15 is 0 Å². The van der Waals surface area contributed by atoms with E-state index in [-0.39, 0.29) is 11.4 Å². The molecule has 0 saturated carbocycles. The first-order valence-electron chi connectivity index (χ1n) is 7.13. The molecule has 3 aromatic rings. The van der Waals surface area contributed by atoms with Gasteiger partial charge in [-0.3, -0.25) is 4.79 Å². The summed E-state index contributed by atoms with van der Waals surface area (Å²) < 4.78 is 13.0. The van der Waals surface area contributed by atoms with Crippen LogP contribution in [0.4, 0.5) is 4.39 Å². The number of halogens is 1. The summed E-state index contributed by atoms with van der Waals surface area (Å²) in [7, 11) is 0. The maximum Gasteiger partial charge on any atom is 0.252 e. The lowest BCUT2D eigenvalue weighted by Gasteiger charge is -2.07. The SMILES string of the molecule is N#Cc1cc(Cc2ccc(F)cc2)c(=O)[nH]c1-c1ccccc1. The molecule has 1 N–H and O–H groups in total. The summed E-state index contributed by atoms with van der Waals surface area (Å²) >= 11 is 0. The van der Waals surface area contributed by atoms with E-state index in [0.29, 0.717) is 23.2 Å². The van der Waals surface area contributed by atoms with Crippen LogP contribution in [0.5, 0.6) is 0 Å². The summed E-state index contributed by atoms with van der Waals surface area (Å²) in [6.45, 7) is 0. The van der Waals surface area contributed by atoms with Crippen molar-refractivity contribution in [1.29, 1.82) is 5.26 Å². The number of benzene rings is 2. The third-order valence-electron chi connectivity index (χ3n) is 3.61. The number of aromatic nitrogens is 1. The van der Waals surface area contributed by atoms with Gasteiger partial charge in [-0.2, -0.15) is 5.26 Å². The van der Waals surface area contributed by atoms with Gasteiger partial charge < -0.3 is 4.98 Å². The molecule has 0 bridgehead atoms. The van der Waals surface area contributed by atoms with Crippen molar-refractivity contribution in [1.82, 2.24) is 4.98 Å². The van der Waals surface area contributed by atoms with Gasteiger partial charge in [0.1, 0.15) is 11.9 Å². The standard InChI is InChI=1S/C19H13FN2O/c20-17-8-6-13(7-9-17)10-15-11-16(12-21)18(22-19(15)23)14-4-2-1-3-5-14/h1-9,11H,10H2,(H,22,23). The molecule has 0 aliphatic rings. The Kier molecular flexibility index (Phi) is 4.03. The molecule has 0 saturated heterocycles. The number of pyridine rings is 1. The zero-order valence-electron chi connectivity index (χ0n) is 12.2. The molecule has 3 rings (SSSR count). The fourth-order valence-electron chi connectivity index (χ4n) is 2.45. The minimum absolute atomic E-state index is 0.243. The molecule has 0 aliphatic carbocycles. The van der Waals surface area contributed by atoms with E-state index in [1.54, 1.807) is 18.2 Å².